The van der Waals surface area contributed by atoms with Gasteiger partial charge in [0.25, 0.3) is 0 Å². The highest BCUT2D eigenvalue weighted by Gasteiger charge is 2.15. The molecule has 1 atom stereocenters. The number of nitrogens with zero attached hydrogens (tertiary/aromatic N) is 2. The number of likely N-dealkylation sites (N-methyl/N-ethyl adjacent to an activating group) is 1. The largest absolute Gasteiger partial charge is 0.392 e. The van der Waals surface area contributed by atoms with Gasteiger partial charge in [0, 0.05) is 30.6 Å². The molecule has 0 radical (unpaired) electrons. The van der Waals surface area contributed by atoms with Gasteiger partial charge in [-0.3, -0.25) is 0 Å². The van der Waals surface area contributed by atoms with Gasteiger partial charge in [0.15, 0.2) is 0 Å². The molecule has 0 aromatic carbocycles. The number of hydrogen-bond acceptors (Lipinski definition) is 4. The Morgan fingerprint density at radius 1 is 1.53 bits per heavy atom. The van der Waals surface area contributed by atoms with Crippen LogP contribution in [0.1, 0.15) is 17.4 Å². The summed E-state index contributed by atoms with van der Waals surface area (Å²) in [5.41, 5.74) is 0.730. The summed E-state index contributed by atoms with van der Waals surface area (Å²) in [5.74, 6) is 0.753. The molecule has 2 heterocycles. The van der Waals surface area contributed by atoms with Crippen LogP contribution in [0.4, 0.5) is 5.82 Å². The van der Waals surface area contributed by atoms with E-state index in [1.54, 1.807) is 23.6 Å². The first-order valence-corrected chi connectivity index (χ1v) is 7.38. The summed E-state index contributed by atoms with van der Waals surface area (Å²) in [6, 6.07) is 6.27. The summed E-state index contributed by atoms with van der Waals surface area (Å²) in [6.07, 6.45) is 2.63. The van der Waals surface area contributed by atoms with Crippen LogP contribution >= 0.6 is 22.9 Å². The maximum absolute atomic E-state index is 9.06. The molecule has 0 aliphatic heterocycles. The van der Waals surface area contributed by atoms with E-state index in [1.807, 2.05) is 7.05 Å². The van der Waals surface area contributed by atoms with Crippen molar-refractivity contribution in [3.8, 4) is 0 Å². The van der Waals surface area contributed by atoms with Gasteiger partial charge in [-0.2, -0.15) is 0 Å². The Morgan fingerprint density at radius 2 is 2.32 bits per heavy atom. The number of halogens is 1. The second-order valence-corrected chi connectivity index (χ2v) is 5.99. The van der Waals surface area contributed by atoms with Crippen molar-refractivity contribution in [3.63, 3.8) is 0 Å². The zero-order valence-electron chi connectivity index (χ0n) is 11.0. The average Bonchev–Trinajstić information content (AvgIpc) is 2.90. The minimum atomic E-state index is -0.0402. The number of rotatable bonds is 5. The summed E-state index contributed by atoms with van der Waals surface area (Å²) in [5, 5.41) is 11.7. The predicted octanol–water partition coefficient (Wildman–Crippen LogP) is 3.36. The predicted molar refractivity (Wildman–Crippen MR) is 81.1 cm³/mol. The smallest absolute Gasteiger partial charge is 0.147 e. The summed E-state index contributed by atoms with van der Waals surface area (Å²) in [6.45, 7) is 2.11. The normalized spacial score (nSPS) is 12.4. The third-order valence-corrected chi connectivity index (χ3v) is 4.31. The van der Waals surface area contributed by atoms with E-state index in [9.17, 15) is 0 Å². The SMILES string of the molecule is CC(Cc1cccs1)N(C)c1ncc(CO)cc1Cl. The van der Waals surface area contributed by atoms with Crippen molar-refractivity contribution in [2.24, 2.45) is 0 Å². The molecular formula is C14H17ClN2OS. The van der Waals surface area contributed by atoms with Crippen LogP contribution in [0.5, 0.6) is 0 Å². The van der Waals surface area contributed by atoms with Crippen LogP contribution in [0.25, 0.3) is 0 Å². The fraction of sp³-hybridized carbons (Fsp3) is 0.357. The van der Waals surface area contributed by atoms with E-state index in [4.69, 9.17) is 16.7 Å². The lowest BCUT2D eigenvalue weighted by molar-refractivity contribution is 0.281. The highest BCUT2D eigenvalue weighted by atomic mass is 35.5. The van der Waals surface area contributed by atoms with Crippen LogP contribution < -0.4 is 4.90 Å². The van der Waals surface area contributed by atoms with Crippen LogP contribution in [-0.2, 0) is 13.0 Å². The molecular weight excluding hydrogens is 280 g/mol. The highest BCUT2D eigenvalue weighted by molar-refractivity contribution is 7.09. The fourth-order valence-corrected chi connectivity index (χ4v) is 3.03. The van der Waals surface area contributed by atoms with E-state index in [-0.39, 0.29) is 6.61 Å². The number of aliphatic hydroxyl groups is 1. The molecule has 0 amide bonds. The molecule has 5 heteroatoms. The fourth-order valence-electron chi connectivity index (χ4n) is 1.88. The molecule has 1 unspecified atom stereocenters. The zero-order chi connectivity index (χ0) is 13.8. The van der Waals surface area contributed by atoms with Crippen molar-refractivity contribution in [2.45, 2.75) is 26.0 Å². The Hall–Kier alpha value is -1.10. The Bertz CT molecular complexity index is 530. The van der Waals surface area contributed by atoms with Crippen molar-refractivity contribution in [1.82, 2.24) is 4.98 Å². The molecule has 0 aliphatic rings. The third-order valence-electron chi connectivity index (χ3n) is 3.13. The van der Waals surface area contributed by atoms with Crippen molar-refractivity contribution >= 4 is 28.8 Å². The first-order chi connectivity index (χ1) is 9.11. The van der Waals surface area contributed by atoms with E-state index < -0.39 is 0 Å². The minimum Gasteiger partial charge on any atom is -0.392 e. The molecule has 19 heavy (non-hydrogen) atoms. The van der Waals surface area contributed by atoms with Gasteiger partial charge in [-0.15, -0.1) is 11.3 Å². The molecule has 0 bridgehead atoms. The second kappa shape index (κ2) is 6.37. The van der Waals surface area contributed by atoms with E-state index in [1.165, 1.54) is 4.88 Å². The van der Waals surface area contributed by atoms with Crippen molar-refractivity contribution < 1.29 is 5.11 Å². The van der Waals surface area contributed by atoms with Gasteiger partial charge in [-0.05, 0) is 30.0 Å². The maximum atomic E-state index is 9.06. The quantitative estimate of drug-likeness (QED) is 0.919. The second-order valence-electron chi connectivity index (χ2n) is 4.55. The molecule has 1 N–H and O–H groups in total. The number of aromatic nitrogens is 1. The van der Waals surface area contributed by atoms with Gasteiger partial charge in [0.2, 0.25) is 0 Å². The molecule has 102 valence electrons. The number of anilines is 1. The summed E-state index contributed by atoms with van der Waals surface area (Å²) in [4.78, 5) is 7.76. The van der Waals surface area contributed by atoms with Gasteiger partial charge in [0.05, 0.1) is 11.6 Å². The highest BCUT2D eigenvalue weighted by Crippen LogP contribution is 2.26. The zero-order valence-corrected chi connectivity index (χ0v) is 12.6. The van der Waals surface area contributed by atoms with E-state index in [2.05, 4.69) is 34.3 Å². The van der Waals surface area contributed by atoms with Gasteiger partial charge >= 0.3 is 0 Å². The summed E-state index contributed by atoms with van der Waals surface area (Å²) >= 11 is 7.98. The maximum Gasteiger partial charge on any atom is 0.147 e. The summed E-state index contributed by atoms with van der Waals surface area (Å²) in [7, 11) is 1.99. The van der Waals surface area contributed by atoms with Crippen molar-refractivity contribution in [2.75, 3.05) is 11.9 Å². The average molecular weight is 297 g/mol. The first kappa shape index (κ1) is 14.3. The van der Waals surface area contributed by atoms with Crippen LogP contribution in [0.2, 0.25) is 5.02 Å². The van der Waals surface area contributed by atoms with Crippen LogP contribution in [-0.4, -0.2) is 23.2 Å². The summed E-state index contributed by atoms with van der Waals surface area (Å²) < 4.78 is 0. The van der Waals surface area contributed by atoms with Crippen LogP contribution in [0.3, 0.4) is 0 Å². The molecule has 2 aromatic rings. The van der Waals surface area contributed by atoms with Crippen LogP contribution in [0.15, 0.2) is 29.8 Å². The number of thiophene rings is 1. The lowest BCUT2D eigenvalue weighted by Gasteiger charge is -2.26. The molecule has 2 aromatic heterocycles. The monoisotopic (exact) mass is 296 g/mol. The van der Waals surface area contributed by atoms with Gasteiger partial charge in [-0.25, -0.2) is 4.98 Å². The Balaban J connectivity index is 2.12. The molecule has 0 saturated carbocycles. The van der Waals surface area contributed by atoms with Gasteiger partial charge in [-0.1, -0.05) is 17.7 Å². The number of hydrogen-bond donors (Lipinski definition) is 1. The van der Waals surface area contributed by atoms with Gasteiger partial charge in [0.1, 0.15) is 5.82 Å². The van der Waals surface area contributed by atoms with E-state index >= 15 is 0 Å². The van der Waals surface area contributed by atoms with Gasteiger partial charge < -0.3 is 10.0 Å². The number of aliphatic hydroxyl groups excluding tert-OH is 1. The van der Waals surface area contributed by atoms with E-state index in [0.717, 1.165) is 17.8 Å². The topological polar surface area (TPSA) is 36.4 Å². The lowest BCUT2D eigenvalue weighted by Crippen LogP contribution is -2.31. The lowest BCUT2D eigenvalue weighted by atomic mass is 10.2. The van der Waals surface area contributed by atoms with Crippen LogP contribution in [0, 0.1) is 0 Å². The van der Waals surface area contributed by atoms with E-state index in [0.29, 0.717) is 11.1 Å². The molecule has 0 aliphatic carbocycles. The molecule has 0 fully saturated rings. The van der Waals surface area contributed by atoms with Crippen molar-refractivity contribution in [1.29, 1.82) is 0 Å². The molecule has 3 nitrogen and oxygen atoms in total. The first-order valence-electron chi connectivity index (χ1n) is 6.12. The Kier molecular flexibility index (Phi) is 4.80. The Morgan fingerprint density at radius 3 is 2.89 bits per heavy atom. The number of pyridine rings is 1. The molecule has 0 saturated heterocycles. The third kappa shape index (κ3) is 3.47. The molecule has 2 rings (SSSR count). The Labute approximate surface area is 122 Å². The standard InChI is InChI=1S/C14H17ClN2OS/c1-10(6-12-4-3-5-19-12)17(2)14-13(15)7-11(9-18)8-16-14/h3-5,7-8,10,18H,6,9H2,1-2H3. The molecule has 0 spiro atoms. The van der Waals surface area contributed by atoms with Crippen molar-refractivity contribution in [3.05, 3.63) is 45.2 Å². The minimum absolute atomic E-state index is 0.0402.